The van der Waals surface area contributed by atoms with Crippen LogP contribution in [0.1, 0.15) is 53.7 Å². The number of aromatic nitrogens is 2. The van der Waals surface area contributed by atoms with Crippen molar-refractivity contribution in [3.05, 3.63) is 47.3 Å². The largest absolute Gasteiger partial charge is 0.434 e. The highest BCUT2D eigenvalue weighted by Gasteiger charge is 2.41. The molecule has 0 aliphatic heterocycles. The molecule has 1 amide bonds. The molecule has 0 saturated heterocycles. The molecule has 1 heterocycles. The maximum Gasteiger partial charge on any atom is 0.434 e. The Morgan fingerprint density at radius 1 is 1.29 bits per heavy atom. The molecule has 1 aromatic carbocycles. The number of nitrogens with two attached hydrogens (primary N) is 1. The van der Waals surface area contributed by atoms with Crippen LogP contribution in [0.25, 0.3) is 5.69 Å². The monoisotopic (exact) mass is 394 g/mol. The van der Waals surface area contributed by atoms with Crippen LogP contribution in [0.2, 0.25) is 0 Å². The van der Waals surface area contributed by atoms with Crippen molar-refractivity contribution in [1.82, 2.24) is 15.1 Å². The van der Waals surface area contributed by atoms with E-state index in [9.17, 15) is 18.0 Å². The molecule has 1 fully saturated rings. The molecule has 1 aromatic heterocycles. The number of rotatable bonds is 5. The first-order chi connectivity index (χ1) is 13.3. The van der Waals surface area contributed by atoms with Gasteiger partial charge in [-0.1, -0.05) is 37.5 Å². The summed E-state index contributed by atoms with van der Waals surface area (Å²) in [6.07, 6.45) is 1.36. The topological polar surface area (TPSA) is 72.9 Å². The molecule has 28 heavy (non-hydrogen) atoms. The van der Waals surface area contributed by atoms with E-state index in [2.05, 4.69) is 10.4 Å². The van der Waals surface area contributed by atoms with Gasteiger partial charge in [-0.15, -0.1) is 0 Å². The zero-order valence-corrected chi connectivity index (χ0v) is 15.8. The summed E-state index contributed by atoms with van der Waals surface area (Å²) in [6.45, 7) is 1.90. The minimum atomic E-state index is -4.73. The molecule has 152 valence electrons. The summed E-state index contributed by atoms with van der Waals surface area (Å²) < 4.78 is 42.3. The number of hydrogen-bond acceptors (Lipinski definition) is 3. The standard InChI is InChI=1S/C20H25F3N4O/c1-13-7-5-6-10-17(13)27-18(20(21,22)23)15(12-25-27)19(28)26-16(11-24)14-8-3-2-4-9-14/h5-7,10,12,14,16H,2-4,8-9,11,24H2,1H3,(H,26,28). The van der Waals surface area contributed by atoms with Gasteiger partial charge in [0.15, 0.2) is 5.69 Å². The fourth-order valence-corrected chi connectivity index (χ4v) is 3.92. The lowest BCUT2D eigenvalue weighted by atomic mass is 9.84. The van der Waals surface area contributed by atoms with Gasteiger partial charge in [-0.3, -0.25) is 4.79 Å². The Hall–Kier alpha value is -2.35. The summed E-state index contributed by atoms with van der Waals surface area (Å²) in [5, 5.41) is 6.61. The summed E-state index contributed by atoms with van der Waals surface area (Å²) in [6, 6.07) is 6.28. The van der Waals surface area contributed by atoms with Crippen molar-refractivity contribution in [2.45, 2.75) is 51.2 Å². The summed E-state index contributed by atoms with van der Waals surface area (Å²) in [5.41, 5.74) is 5.18. The van der Waals surface area contributed by atoms with E-state index in [1.807, 2.05) is 0 Å². The van der Waals surface area contributed by atoms with Gasteiger partial charge in [0.25, 0.3) is 5.91 Å². The van der Waals surface area contributed by atoms with E-state index in [0.717, 1.165) is 43.0 Å². The zero-order chi connectivity index (χ0) is 20.3. The van der Waals surface area contributed by atoms with Gasteiger partial charge < -0.3 is 11.1 Å². The molecule has 2 aromatic rings. The van der Waals surface area contributed by atoms with Crippen LogP contribution in [0.5, 0.6) is 0 Å². The predicted molar refractivity (Wildman–Crippen MR) is 100 cm³/mol. The third-order valence-corrected chi connectivity index (χ3v) is 5.42. The fraction of sp³-hybridized carbons (Fsp3) is 0.500. The van der Waals surface area contributed by atoms with Crippen molar-refractivity contribution in [3.8, 4) is 5.69 Å². The average Bonchev–Trinajstić information content (AvgIpc) is 3.12. The summed E-state index contributed by atoms with van der Waals surface area (Å²) in [7, 11) is 0. The van der Waals surface area contributed by atoms with Gasteiger partial charge in [0.1, 0.15) is 0 Å². The van der Waals surface area contributed by atoms with Crippen LogP contribution in [-0.2, 0) is 6.18 Å². The molecular formula is C20H25F3N4O. The highest BCUT2D eigenvalue weighted by atomic mass is 19.4. The second-order valence-electron chi connectivity index (χ2n) is 7.32. The fourth-order valence-electron chi connectivity index (χ4n) is 3.92. The second-order valence-corrected chi connectivity index (χ2v) is 7.32. The van der Waals surface area contributed by atoms with Gasteiger partial charge in [-0.05, 0) is 37.3 Å². The number of nitrogens with zero attached hydrogens (tertiary/aromatic N) is 2. The van der Waals surface area contributed by atoms with E-state index in [1.165, 1.54) is 0 Å². The lowest BCUT2D eigenvalue weighted by molar-refractivity contribution is -0.143. The molecule has 5 nitrogen and oxygen atoms in total. The number of carbonyl (C=O) groups excluding carboxylic acids is 1. The molecule has 1 unspecified atom stereocenters. The summed E-state index contributed by atoms with van der Waals surface area (Å²) in [4.78, 5) is 12.7. The zero-order valence-electron chi connectivity index (χ0n) is 15.8. The Morgan fingerprint density at radius 3 is 2.57 bits per heavy atom. The van der Waals surface area contributed by atoms with Crippen molar-refractivity contribution in [2.24, 2.45) is 11.7 Å². The SMILES string of the molecule is Cc1ccccc1-n1ncc(C(=O)NC(CN)C2CCCCC2)c1C(F)(F)F. The van der Waals surface area contributed by atoms with Gasteiger partial charge in [0.2, 0.25) is 0 Å². The number of alkyl halides is 3. The quantitative estimate of drug-likeness (QED) is 0.809. The predicted octanol–water partition coefficient (Wildman–Crippen LogP) is 3.84. The van der Waals surface area contributed by atoms with E-state index in [-0.39, 0.29) is 24.2 Å². The molecule has 3 rings (SSSR count). The van der Waals surface area contributed by atoms with Gasteiger partial charge in [0.05, 0.1) is 17.4 Å². The third kappa shape index (κ3) is 4.22. The van der Waals surface area contributed by atoms with Crippen LogP contribution < -0.4 is 11.1 Å². The van der Waals surface area contributed by atoms with Crippen LogP contribution in [0.15, 0.2) is 30.5 Å². The lowest BCUT2D eigenvalue weighted by Gasteiger charge is -2.30. The van der Waals surface area contributed by atoms with E-state index in [4.69, 9.17) is 5.73 Å². The van der Waals surface area contributed by atoms with Gasteiger partial charge in [0, 0.05) is 12.6 Å². The first-order valence-electron chi connectivity index (χ1n) is 9.55. The number of aryl methyl sites for hydroxylation is 1. The van der Waals surface area contributed by atoms with Crippen molar-refractivity contribution >= 4 is 5.91 Å². The van der Waals surface area contributed by atoms with Gasteiger partial charge in [-0.25, -0.2) is 4.68 Å². The molecule has 3 N–H and O–H groups in total. The molecular weight excluding hydrogens is 369 g/mol. The smallest absolute Gasteiger partial charge is 0.348 e. The Labute approximate surface area is 162 Å². The van der Waals surface area contributed by atoms with E-state index in [1.54, 1.807) is 31.2 Å². The molecule has 1 atom stereocenters. The lowest BCUT2D eigenvalue weighted by Crippen LogP contribution is -2.46. The maximum atomic E-state index is 13.8. The molecule has 1 aliphatic rings. The number of amides is 1. The summed E-state index contributed by atoms with van der Waals surface area (Å²) in [5.74, 6) is -0.586. The summed E-state index contributed by atoms with van der Waals surface area (Å²) >= 11 is 0. The second kappa shape index (κ2) is 8.34. The Kier molecular flexibility index (Phi) is 6.07. The van der Waals surface area contributed by atoms with Crippen LogP contribution in [0.3, 0.4) is 0 Å². The number of nitrogens with one attached hydrogen (secondary N) is 1. The van der Waals surface area contributed by atoms with Gasteiger partial charge in [-0.2, -0.15) is 18.3 Å². The normalized spacial score (nSPS) is 16.8. The van der Waals surface area contributed by atoms with E-state index < -0.39 is 23.3 Å². The average molecular weight is 394 g/mol. The maximum absolute atomic E-state index is 13.8. The van der Waals surface area contributed by atoms with Crippen molar-refractivity contribution < 1.29 is 18.0 Å². The molecule has 1 aliphatic carbocycles. The first kappa shape index (κ1) is 20.4. The minimum absolute atomic E-state index is 0.198. The van der Waals surface area contributed by atoms with E-state index in [0.29, 0.717) is 5.56 Å². The van der Waals surface area contributed by atoms with Crippen LogP contribution in [0.4, 0.5) is 13.2 Å². The third-order valence-electron chi connectivity index (χ3n) is 5.42. The Morgan fingerprint density at radius 2 is 1.96 bits per heavy atom. The number of benzene rings is 1. The molecule has 0 radical (unpaired) electrons. The van der Waals surface area contributed by atoms with E-state index >= 15 is 0 Å². The van der Waals surface area contributed by atoms with Crippen LogP contribution >= 0.6 is 0 Å². The highest BCUT2D eigenvalue weighted by Crippen LogP contribution is 2.34. The molecule has 0 bridgehead atoms. The number of hydrogen-bond donors (Lipinski definition) is 2. The Bertz CT molecular complexity index is 825. The highest BCUT2D eigenvalue weighted by molar-refractivity contribution is 5.95. The molecule has 0 spiro atoms. The van der Waals surface area contributed by atoms with Crippen molar-refractivity contribution in [3.63, 3.8) is 0 Å². The number of carbonyl (C=O) groups is 1. The van der Waals surface area contributed by atoms with Crippen molar-refractivity contribution in [2.75, 3.05) is 6.54 Å². The Balaban J connectivity index is 1.93. The van der Waals surface area contributed by atoms with Gasteiger partial charge >= 0.3 is 6.18 Å². The molecule has 8 heteroatoms. The minimum Gasteiger partial charge on any atom is -0.348 e. The number of halogens is 3. The van der Waals surface area contributed by atoms with Crippen LogP contribution in [-0.4, -0.2) is 28.3 Å². The molecule has 1 saturated carbocycles. The first-order valence-corrected chi connectivity index (χ1v) is 9.55. The van der Waals surface area contributed by atoms with Crippen LogP contribution in [0, 0.1) is 12.8 Å². The van der Waals surface area contributed by atoms with Crippen molar-refractivity contribution in [1.29, 1.82) is 0 Å². The number of para-hydroxylation sites is 1.